The van der Waals surface area contributed by atoms with Crippen LogP contribution in [0.2, 0.25) is 0 Å². The molecular formula is C13H19N3O. The molecule has 1 unspecified atom stereocenters. The summed E-state index contributed by atoms with van der Waals surface area (Å²) in [6.07, 6.45) is 6.34. The molecule has 0 radical (unpaired) electrons. The van der Waals surface area contributed by atoms with Crippen molar-refractivity contribution >= 4 is 5.91 Å². The van der Waals surface area contributed by atoms with Crippen molar-refractivity contribution in [3.63, 3.8) is 0 Å². The van der Waals surface area contributed by atoms with Gasteiger partial charge in [0.2, 0.25) is 5.91 Å². The van der Waals surface area contributed by atoms with Crippen LogP contribution in [0.25, 0.3) is 0 Å². The highest BCUT2D eigenvalue weighted by Crippen LogP contribution is 2.51. The van der Waals surface area contributed by atoms with E-state index in [1.807, 2.05) is 17.9 Å². The summed E-state index contributed by atoms with van der Waals surface area (Å²) in [6, 6.07) is 0. The molecule has 17 heavy (non-hydrogen) atoms. The summed E-state index contributed by atoms with van der Waals surface area (Å²) in [4.78, 5) is 12.2. The van der Waals surface area contributed by atoms with Crippen LogP contribution in [0.4, 0.5) is 0 Å². The highest BCUT2D eigenvalue weighted by atomic mass is 16.2. The smallest absolute Gasteiger partial charge is 0.226 e. The number of aromatic nitrogens is 2. The minimum absolute atomic E-state index is 0.140. The Balaban J connectivity index is 2.06. The molecule has 1 saturated heterocycles. The largest absolute Gasteiger partial charge is 0.355 e. The van der Waals surface area contributed by atoms with Crippen molar-refractivity contribution in [1.29, 1.82) is 0 Å². The summed E-state index contributed by atoms with van der Waals surface area (Å²) in [7, 11) is 1.98. The van der Waals surface area contributed by atoms with Gasteiger partial charge in [0.15, 0.2) is 0 Å². The fourth-order valence-corrected chi connectivity index (χ4v) is 3.72. The van der Waals surface area contributed by atoms with Gasteiger partial charge in [-0.2, -0.15) is 5.10 Å². The Labute approximate surface area is 101 Å². The second kappa shape index (κ2) is 3.59. The summed E-state index contributed by atoms with van der Waals surface area (Å²) >= 11 is 0. The fraction of sp³-hybridized carbons (Fsp3) is 0.692. The quantitative estimate of drug-likeness (QED) is 0.799. The second-order valence-corrected chi connectivity index (χ2v) is 5.46. The number of amides is 1. The summed E-state index contributed by atoms with van der Waals surface area (Å²) in [5.41, 5.74) is 2.31. The lowest BCUT2D eigenvalue weighted by molar-refractivity contribution is -0.127. The maximum atomic E-state index is 12.2. The van der Waals surface area contributed by atoms with Gasteiger partial charge in [0.05, 0.1) is 11.6 Å². The van der Waals surface area contributed by atoms with Gasteiger partial charge < -0.3 is 5.32 Å². The minimum Gasteiger partial charge on any atom is -0.355 e. The lowest BCUT2D eigenvalue weighted by Crippen LogP contribution is -2.32. The third-order valence-corrected chi connectivity index (χ3v) is 4.59. The Morgan fingerprint density at radius 1 is 1.47 bits per heavy atom. The molecule has 1 aromatic heterocycles. The van der Waals surface area contributed by atoms with Crippen molar-refractivity contribution < 1.29 is 4.79 Å². The molecule has 3 rings (SSSR count). The van der Waals surface area contributed by atoms with Crippen molar-refractivity contribution in [1.82, 2.24) is 15.1 Å². The van der Waals surface area contributed by atoms with Crippen molar-refractivity contribution in [3.8, 4) is 0 Å². The van der Waals surface area contributed by atoms with Crippen LogP contribution in [-0.2, 0) is 11.8 Å². The monoisotopic (exact) mass is 233 g/mol. The molecular weight excluding hydrogens is 214 g/mol. The second-order valence-electron chi connectivity index (χ2n) is 5.46. The van der Waals surface area contributed by atoms with Crippen LogP contribution in [0.3, 0.4) is 0 Å². The van der Waals surface area contributed by atoms with Gasteiger partial charge in [0.1, 0.15) is 0 Å². The number of carbonyl (C=O) groups excluding carboxylic acids is 1. The van der Waals surface area contributed by atoms with E-state index in [2.05, 4.69) is 17.3 Å². The molecule has 1 amide bonds. The van der Waals surface area contributed by atoms with E-state index in [4.69, 9.17) is 0 Å². The molecule has 1 aliphatic heterocycles. The maximum Gasteiger partial charge on any atom is 0.226 e. The highest BCUT2D eigenvalue weighted by Gasteiger charge is 2.53. The third kappa shape index (κ3) is 1.36. The highest BCUT2D eigenvalue weighted by molar-refractivity contribution is 5.86. The van der Waals surface area contributed by atoms with Crippen LogP contribution >= 0.6 is 0 Å². The van der Waals surface area contributed by atoms with E-state index in [1.54, 1.807) is 0 Å². The molecule has 2 heterocycles. The lowest BCUT2D eigenvalue weighted by atomic mass is 9.73. The minimum atomic E-state index is -0.140. The number of hydrogen-bond acceptors (Lipinski definition) is 2. The molecule has 1 aromatic rings. The van der Waals surface area contributed by atoms with E-state index in [0.717, 1.165) is 19.4 Å². The Bertz CT molecular complexity index is 438. The fourth-order valence-electron chi connectivity index (χ4n) is 3.72. The molecule has 1 saturated carbocycles. The van der Waals surface area contributed by atoms with Crippen LogP contribution in [-0.4, -0.2) is 22.2 Å². The number of nitrogens with one attached hydrogen (secondary N) is 1. The first kappa shape index (κ1) is 10.8. The SMILES string of the molecule is Cc1cnn(C)c1C1CNC(=O)C12CCCC2. The zero-order valence-electron chi connectivity index (χ0n) is 10.5. The van der Waals surface area contributed by atoms with Gasteiger partial charge in [0, 0.05) is 25.2 Å². The molecule has 2 aliphatic rings. The Morgan fingerprint density at radius 2 is 2.18 bits per heavy atom. The van der Waals surface area contributed by atoms with Crippen LogP contribution in [0, 0.1) is 12.3 Å². The number of rotatable bonds is 1. The van der Waals surface area contributed by atoms with Crippen LogP contribution < -0.4 is 5.32 Å². The number of hydrogen-bond donors (Lipinski definition) is 1. The molecule has 4 heteroatoms. The Hall–Kier alpha value is -1.32. The first-order valence-electron chi connectivity index (χ1n) is 6.42. The van der Waals surface area contributed by atoms with Crippen molar-refractivity contribution in [2.45, 2.75) is 38.5 Å². The topological polar surface area (TPSA) is 46.9 Å². The molecule has 0 aromatic carbocycles. The molecule has 2 fully saturated rings. The molecule has 1 N–H and O–H groups in total. The molecule has 92 valence electrons. The molecule has 0 bridgehead atoms. The normalized spacial score (nSPS) is 26.7. The van der Waals surface area contributed by atoms with Gasteiger partial charge >= 0.3 is 0 Å². The van der Waals surface area contributed by atoms with Gasteiger partial charge in [-0.15, -0.1) is 0 Å². The predicted molar refractivity (Wildman–Crippen MR) is 64.6 cm³/mol. The summed E-state index contributed by atoms with van der Waals surface area (Å²) in [5.74, 6) is 0.575. The van der Waals surface area contributed by atoms with E-state index >= 15 is 0 Å². The first-order chi connectivity index (χ1) is 8.15. The first-order valence-corrected chi connectivity index (χ1v) is 6.42. The van der Waals surface area contributed by atoms with Gasteiger partial charge in [0.25, 0.3) is 0 Å². The molecule has 1 aliphatic carbocycles. The van der Waals surface area contributed by atoms with Crippen molar-refractivity contribution in [2.75, 3.05) is 6.54 Å². The average Bonchev–Trinajstić information content (AvgIpc) is 2.97. The molecule has 1 spiro atoms. The number of aryl methyl sites for hydroxylation is 2. The predicted octanol–water partition coefficient (Wildman–Crippen LogP) is 1.50. The number of nitrogens with zero attached hydrogens (tertiary/aromatic N) is 2. The van der Waals surface area contributed by atoms with Crippen LogP contribution in [0.5, 0.6) is 0 Å². The molecule has 1 atom stereocenters. The molecule has 4 nitrogen and oxygen atoms in total. The van der Waals surface area contributed by atoms with Gasteiger partial charge in [-0.25, -0.2) is 0 Å². The van der Waals surface area contributed by atoms with E-state index in [-0.39, 0.29) is 11.3 Å². The van der Waals surface area contributed by atoms with Gasteiger partial charge in [-0.1, -0.05) is 12.8 Å². The van der Waals surface area contributed by atoms with E-state index < -0.39 is 0 Å². The number of carbonyl (C=O) groups is 1. The van der Waals surface area contributed by atoms with Crippen LogP contribution in [0.15, 0.2) is 6.20 Å². The zero-order valence-corrected chi connectivity index (χ0v) is 10.5. The summed E-state index contributed by atoms with van der Waals surface area (Å²) in [5, 5.41) is 7.38. The van der Waals surface area contributed by atoms with Crippen molar-refractivity contribution in [2.24, 2.45) is 12.5 Å². The van der Waals surface area contributed by atoms with Gasteiger partial charge in [-0.05, 0) is 25.3 Å². The standard InChI is InChI=1S/C13H19N3O/c1-9-7-15-16(2)11(9)10-8-14-12(17)13(10)5-3-4-6-13/h7,10H,3-6,8H2,1-2H3,(H,14,17). The maximum absolute atomic E-state index is 12.2. The van der Waals surface area contributed by atoms with Crippen LogP contribution in [0.1, 0.15) is 42.9 Å². The van der Waals surface area contributed by atoms with Gasteiger partial charge in [-0.3, -0.25) is 9.48 Å². The van der Waals surface area contributed by atoms with Crippen molar-refractivity contribution in [3.05, 3.63) is 17.5 Å². The third-order valence-electron chi connectivity index (χ3n) is 4.59. The summed E-state index contributed by atoms with van der Waals surface area (Å²) < 4.78 is 1.94. The summed E-state index contributed by atoms with van der Waals surface area (Å²) in [6.45, 7) is 2.87. The lowest BCUT2D eigenvalue weighted by Gasteiger charge is -2.28. The van der Waals surface area contributed by atoms with E-state index in [1.165, 1.54) is 24.1 Å². The Morgan fingerprint density at radius 3 is 2.76 bits per heavy atom. The van der Waals surface area contributed by atoms with E-state index in [0.29, 0.717) is 5.92 Å². The van der Waals surface area contributed by atoms with E-state index in [9.17, 15) is 4.79 Å². The zero-order chi connectivity index (χ0) is 12.0. The average molecular weight is 233 g/mol. The Kier molecular flexibility index (Phi) is 2.28.